The minimum absolute atomic E-state index is 0.0782. The monoisotopic (exact) mass is 328 g/mol. The second-order valence-electron chi connectivity index (χ2n) is 5.43. The van der Waals surface area contributed by atoms with Crippen LogP contribution in [0.25, 0.3) is 0 Å². The zero-order chi connectivity index (χ0) is 16.9. The summed E-state index contributed by atoms with van der Waals surface area (Å²) >= 11 is 0. The molecule has 6 nitrogen and oxygen atoms in total. The zero-order valence-electron chi connectivity index (χ0n) is 13.8. The van der Waals surface area contributed by atoms with Gasteiger partial charge in [0, 0.05) is 6.20 Å². The molecule has 2 aromatic rings. The van der Waals surface area contributed by atoms with Crippen molar-refractivity contribution in [2.45, 2.75) is 20.0 Å². The third-order valence-electron chi connectivity index (χ3n) is 3.60. The summed E-state index contributed by atoms with van der Waals surface area (Å²) in [4.78, 5) is 18.5. The molecule has 0 bridgehead atoms. The average Bonchev–Trinajstić information content (AvgIpc) is 2.60. The minimum Gasteiger partial charge on any atom is -0.490 e. The van der Waals surface area contributed by atoms with E-state index in [1.165, 1.54) is 0 Å². The van der Waals surface area contributed by atoms with Crippen molar-refractivity contribution < 1.29 is 19.0 Å². The highest BCUT2D eigenvalue weighted by Gasteiger charge is 2.28. The van der Waals surface area contributed by atoms with Crippen molar-refractivity contribution in [1.29, 1.82) is 0 Å². The maximum absolute atomic E-state index is 12.6. The molecule has 24 heavy (non-hydrogen) atoms. The molecule has 1 amide bonds. The summed E-state index contributed by atoms with van der Waals surface area (Å²) in [5.74, 6) is 1.51. The number of pyridine rings is 1. The number of hydrogen-bond donors (Lipinski definition) is 0. The number of anilines is 1. The first kappa shape index (κ1) is 16.1. The van der Waals surface area contributed by atoms with Gasteiger partial charge in [-0.15, -0.1) is 0 Å². The topological polar surface area (TPSA) is 60.9 Å². The summed E-state index contributed by atoms with van der Waals surface area (Å²) in [7, 11) is 0. The lowest BCUT2D eigenvalue weighted by molar-refractivity contribution is -0.121. The number of aromatic nitrogens is 1. The summed E-state index contributed by atoms with van der Waals surface area (Å²) in [6, 6.07) is 10.9. The lowest BCUT2D eigenvalue weighted by atomic mass is 10.2. The number of benzene rings is 1. The second kappa shape index (κ2) is 7.21. The summed E-state index contributed by atoms with van der Waals surface area (Å²) in [6.45, 7) is 4.73. The standard InChI is InChI=1S/C18H20N2O4/c1-3-22-15-8-4-5-9-16(15)23-12-17(21)20-11-13(2)24-18-14(20)7-6-10-19-18/h4-10,13H,3,11-12H2,1-2H3/t13-/m0/s1. The fourth-order valence-electron chi connectivity index (χ4n) is 2.56. The molecule has 1 aliphatic heterocycles. The van der Waals surface area contributed by atoms with Gasteiger partial charge >= 0.3 is 0 Å². The first-order valence-corrected chi connectivity index (χ1v) is 7.95. The van der Waals surface area contributed by atoms with Crippen molar-refractivity contribution in [2.24, 2.45) is 0 Å². The molecule has 1 aromatic heterocycles. The van der Waals surface area contributed by atoms with Gasteiger partial charge in [0.05, 0.1) is 13.2 Å². The number of hydrogen-bond acceptors (Lipinski definition) is 5. The molecular formula is C18H20N2O4. The molecule has 1 aromatic carbocycles. The first-order valence-electron chi connectivity index (χ1n) is 7.95. The lowest BCUT2D eigenvalue weighted by Gasteiger charge is -2.32. The Morgan fingerprint density at radius 3 is 2.75 bits per heavy atom. The van der Waals surface area contributed by atoms with E-state index in [9.17, 15) is 4.79 Å². The van der Waals surface area contributed by atoms with Crippen molar-refractivity contribution in [3.8, 4) is 17.4 Å². The second-order valence-corrected chi connectivity index (χ2v) is 5.43. The van der Waals surface area contributed by atoms with E-state index < -0.39 is 0 Å². The summed E-state index contributed by atoms with van der Waals surface area (Å²) in [5.41, 5.74) is 0.669. The highest BCUT2D eigenvalue weighted by atomic mass is 16.5. The molecule has 0 aliphatic carbocycles. The van der Waals surface area contributed by atoms with Gasteiger partial charge < -0.3 is 19.1 Å². The Morgan fingerprint density at radius 2 is 2.00 bits per heavy atom. The van der Waals surface area contributed by atoms with Gasteiger partial charge in [-0.05, 0) is 38.1 Å². The minimum atomic E-state index is -0.147. The van der Waals surface area contributed by atoms with Gasteiger partial charge in [0.1, 0.15) is 11.8 Å². The van der Waals surface area contributed by atoms with E-state index >= 15 is 0 Å². The van der Waals surface area contributed by atoms with Crippen LogP contribution in [0.3, 0.4) is 0 Å². The van der Waals surface area contributed by atoms with Gasteiger partial charge in [-0.3, -0.25) is 4.79 Å². The number of fused-ring (bicyclic) bond motifs is 1. The third kappa shape index (κ3) is 3.42. The number of para-hydroxylation sites is 2. The molecule has 6 heteroatoms. The predicted octanol–water partition coefficient (Wildman–Crippen LogP) is 2.67. The predicted molar refractivity (Wildman–Crippen MR) is 89.8 cm³/mol. The molecule has 3 rings (SSSR count). The SMILES string of the molecule is CCOc1ccccc1OCC(=O)N1C[C@H](C)Oc2ncccc21. The summed E-state index contributed by atoms with van der Waals surface area (Å²) in [6.07, 6.45) is 1.53. The highest BCUT2D eigenvalue weighted by Crippen LogP contribution is 2.31. The van der Waals surface area contributed by atoms with Crippen molar-refractivity contribution in [2.75, 3.05) is 24.7 Å². The Labute approximate surface area is 141 Å². The van der Waals surface area contributed by atoms with Gasteiger partial charge in [0.2, 0.25) is 5.88 Å². The molecule has 0 N–H and O–H groups in total. The molecular weight excluding hydrogens is 308 g/mol. The largest absolute Gasteiger partial charge is 0.490 e. The lowest BCUT2D eigenvalue weighted by Crippen LogP contribution is -2.44. The molecule has 0 spiro atoms. The Hall–Kier alpha value is -2.76. The van der Waals surface area contributed by atoms with Crippen LogP contribution in [0.4, 0.5) is 5.69 Å². The molecule has 0 unspecified atom stereocenters. The van der Waals surface area contributed by atoms with Crippen LogP contribution < -0.4 is 19.1 Å². The van der Waals surface area contributed by atoms with Crippen molar-refractivity contribution in [3.05, 3.63) is 42.6 Å². The normalized spacial score (nSPS) is 16.1. The van der Waals surface area contributed by atoms with E-state index in [-0.39, 0.29) is 18.6 Å². The first-order chi connectivity index (χ1) is 11.7. The molecule has 1 aliphatic rings. The van der Waals surface area contributed by atoms with E-state index in [1.807, 2.05) is 38.1 Å². The van der Waals surface area contributed by atoms with Gasteiger partial charge in [-0.1, -0.05) is 12.1 Å². The Morgan fingerprint density at radius 1 is 1.25 bits per heavy atom. The van der Waals surface area contributed by atoms with Crippen LogP contribution in [0.1, 0.15) is 13.8 Å². The number of ether oxygens (including phenoxy) is 3. The smallest absolute Gasteiger partial charge is 0.265 e. The van der Waals surface area contributed by atoms with Crippen molar-refractivity contribution in [1.82, 2.24) is 4.98 Å². The van der Waals surface area contributed by atoms with Gasteiger partial charge in [-0.2, -0.15) is 0 Å². The fraction of sp³-hybridized carbons (Fsp3) is 0.333. The Balaban J connectivity index is 1.72. The van der Waals surface area contributed by atoms with Gasteiger partial charge in [-0.25, -0.2) is 4.98 Å². The van der Waals surface area contributed by atoms with E-state index in [0.29, 0.717) is 36.2 Å². The van der Waals surface area contributed by atoms with Crippen LogP contribution in [0.2, 0.25) is 0 Å². The molecule has 0 fully saturated rings. The molecule has 0 saturated carbocycles. The molecule has 0 saturated heterocycles. The third-order valence-corrected chi connectivity index (χ3v) is 3.60. The Bertz CT molecular complexity index is 720. The maximum atomic E-state index is 12.6. The van der Waals surface area contributed by atoms with Crippen LogP contribution in [0.5, 0.6) is 17.4 Å². The molecule has 0 radical (unpaired) electrons. The highest BCUT2D eigenvalue weighted by molar-refractivity contribution is 5.96. The average molecular weight is 328 g/mol. The van der Waals surface area contributed by atoms with Crippen LogP contribution in [-0.4, -0.2) is 36.8 Å². The molecule has 126 valence electrons. The van der Waals surface area contributed by atoms with Gasteiger partial charge in [0.15, 0.2) is 18.1 Å². The van der Waals surface area contributed by atoms with Gasteiger partial charge in [0.25, 0.3) is 5.91 Å². The van der Waals surface area contributed by atoms with Crippen LogP contribution in [0.15, 0.2) is 42.6 Å². The number of carbonyl (C=O) groups is 1. The Kier molecular flexibility index (Phi) is 4.84. The zero-order valence-corrected chi connectivity index (χ0v) is 13.8. The van der Waals surface area contributed by atoms with E-state index in [0.717, 1.165) is 0 Å². The fourth-order valence-corrected chi connectivity index (χ4v) is 2.56. The van der Waals surface area contributed by atoms with Crippen LogP contribution >= 0.6 is 0 Å². The van der Waals surface area contributed by atoms with E-state index in [4.69, 9.17) is 14.2 Å². The molecule has 2 heterocycles. The number of nitrogens with zero attached hydrogens (tertiary/aromatic N) is 2. The number of rotatable bonds is 5. The van der Waals surface area contributed by atoms with Crippen molar-refractivity contribution >= 4 is 11.6 Å². The van der Waals surface area contributed by atoms with Crippen molar-refractivity contribution in [3.63, 3.8) is 0 Å². The molecule has 1 atom stereocenters. The van der Waals surface area contributed by atoms with Crippen LogP contribution in [-0.2, 0) is 4.79 Å². The quantitative estimate of drug-likeness (QED) is 0.844. The maximum Gasteiger partial charge on any atom is 0.265 e. The van der Waals surface area contributed by atoms with E-state index in [1.54, 1.807) is 23.2 Å². The number of carbonyl (C=O) groups excluding carboxylic acids is 1. The summed E-state index contributed by atoms with van der Waals surface area (Å²) in [5, 5.41) is 0. The van der Waals surface area contributed by atoms with E-state index in [2.05, 4.69) is 4.98 Å². The van der Waals surface area contributed by atoms with Crippen LogP contribution in [0, 0.1) is 0 Å². The number of amides is 1. The summed E-state index contributed by atoms with van der Waals surface area (Å²) < 4.78 is 16.8.